The van der Waals surface area contributed by atoms with Crippen LogP contribution in [0.15, 0.2) is 42.5 Å². The molecule has 1 aromatic heterocycles. The summed E-state index contributed by atoms with van der Waals surface area (Å²) in [5.41, 5.74) is 3.24. The minimum absolute atomic E-state index is 0.147. The molecule has 2 amide bonds. The molecule has 1 unspecified atom stereocenters. The third-order valence-electron chi connectivity index (χ3n) is 5.43. The van der Waals surface area contributed by atoms with Gasteiger partial charge in [-0.05, 0) is 36.8 Å². The van der Waals surface area contributed by atoms with Gasteiger partial charge in [-0.25, -0.2) is 9.88 Å². The van der Waals surface area contributed by atoms with E-state index >= 15 is 0 Å². The van der Waals surface area contributed by atoms with Crippen molar-refractivity contribution in [1.82, 2.24) is 9.55 Å². The molecule has 0 saturated carbocycles. The van der Waals surface area contributed by atoms with Gasteiger partial charge in [-0.15, -0.1) is 0 Å². The van der Waals surface area contributed by atoms with Gasteiger partial charge in [0.1, 0.15) is 6.04 Å². The van der Waals surface area contributed by atoms with Gasteiger partial charge in [-0.1, -0.05) is 29.8 Å². The van der Waals surface area contributed by atoms with E-state index in [0.29, 0.717) is 17.3 Å². The molecule has 1 atom stereocenters. The van der Waals surface area contributed by atoms with Crippen LogP contribution >= 0.6 is 11.6 Å². The summed E-state index contributed by atoms with van der Waals surface area (Å²) in [6, 6.07) is 12.7. The molecular weight excluding hydrogens is 364 g/mol. The van der Waals surface area contributed by atoms with Crippen molar-refractivity contribution in [2.75, 3.05) is 16.3 Å². The van der Waals surface area contributed by atoms with Crippen LogP contribution in [0.3, 0.4) is 0 Å². The standard InChI is InChI=1S/C20H17ClN4O2/c1-12-13(21)5-4-8-15(12)25-18(26)11-17(19(25)27)24-10-9-23-16-7-3-2-6-14(16)22-20(23)24/h2-8,17H,9-11H2,1H3. The maximum Gasteiger partial charge on any atom is 0.257 e. The van der Waals surface area contributed by atoms with Crippen molar-refractivity contribution in [3.05, 3.63) is 53.1 Å². The summed E-state index contributed by atoms with van der Waals surface area (Å²) in [4.78, 5) is 33.8. The molecule has 1 fully saturated rings. The molecule has 6 nitrogen and oxygen atoms in total. The Morgan fingerprint density at radius 3 is 2.74 bits per heavy atom. The summed E-state index contributed by atoms with van der Waals surface area (Å²) in [7, 11) is 0. The third kappa shape index (κ3) is 2.29. The number of carbonyl (C=O) groups excluding carboxylic acids is 2. The van der Waals surface area contributed by atoms with Crippen LogP contribution in [0.25, 0.3) is 11.0 Å². The van der Waals surface area contributed by atoms with Gasteiger partial charge >= 0.3 is 0 Å². The lowest BCUT2D eigenvalue weighted by atomic mass is 10.2. The summed E-state index contributed by atoms with van der Waals surface area (Å²) in [6.07, 6.45) is 0.147. The number of hydrogen-bond donors (Lipinski definition) is 0. The average molecular weight is 381 g/mol. The van der Waals surface area contributed by atoms with E-state index in [9.17, 15) is 9.59 Å². The van der Waals surface area contributed by atoms with Crippen molar-refractivity contribution in [2.45, 2.75) is 25.9 Å². The highest BCUT2D eigenvalue weighted by atomic mass is 35.5. The fourth-order valence-electron chi connectivity index (χ4n) is 4.06. The van der Waals surface area contributed by atoms with Crippen molar-refractivity contribution >= 4 is 46.1 Å². The Morgan fingerprint density at radius 1 is 1.07 bits per heavy atom. The van der Waals surface area contributed by atoms with Gasteiger partial charge in [-0.2, -0.15) is 0 Å². The quantitative estimate of drug-likeness (QED) is 0.641. The molecule has 2 aliphatic heterocycles. The summed E-state index contributed by atoms with van der Waals surface area (Å²) in [6.45, 7) is 3.24. The Morgan fingerprint density at radius 2 is 1.89 bits per heavy atom. The van der Waals surface area contributed by atoms with E-state index in [-0.39, 0.29) is 18.2 Å². The first-order chi connectivity index (χ1) is 13.1. The van der Waals surface area contributed by atoms with Gasteiger partial charge in [0.05, 0.1) is 23.1 Å². The van der Waals surface area contributed by atoms with Crippen molar-refractivity contribution in [3.63, 3.8) is 0 Å². The Kier molecular flexibility index (Phi) is 3.52. The molecule has 7 heteroatoms. The van der Waals surface area contributed by atoms with E-state index < -0.39 is 6.04 Å². The van der Waals surface area contributed by atoms with Gasteiger partial charge in [0.25, 0.3) is 5.91 Å². The van der Waals surface area contributed by atoms with Crippen LogP contribution < -0.4 is 9.80 Å². The predicted octanol–water partition coefficient (Wildman–Crippen LogP) is 3.15. The first kappa shape index (κ1) is 16.3. The van der Waals surface area contributed by atoms with Crippen molar-refractivity contribution in [2.24, 2.45) is 0 Å². The third-order valence-corrected chi connectivity index (χ3v) is 5.84. The van der Waals surface area contributed by atoms with Crippen LogP contribution in [0.5, 0.6) is 0 Å². The first-order valence-electron chi connectivity index (χ1n) is 8.90. The van der Waals surface area contributed by atoms with Gasteiger partial charge in [0.2, 0.25) is 11.9 Å². The molecule has 2 aromatic carbocycles. The number of amides is 2. The molecule has 0 radical (unpaired) electrons. The number of nitrogens with zero attached hydrogens (tertiary/aromatic N) is 4. The smallest absolute Gasteiger partial charge is 0.257 e. The van der Waals surface area contributed by atoms with E-state index in [1.807, 2.05) is 36.1 Å². The minimum Gasteiger partial charge on any atom is -0.328 e. The Bertz CT molecular complexity index is 1110. The second-order valence-electron chi connectivity index (χ2n) is 6.92. The summed E-state index contributed by atoms with van der Waals surface area (Å²) < 4.78 is 2.11. The topological polar surface area (TPSA) is 58.4 Å². The number of hydrogen-bond acceptors (Lipinski definition) is 4. The van der Waals surface area contributed by atoms with Crippen LogP contribution in [0.2, 0.25) is 5.02 Å². The van der Waals surface area contributed by atoms with E-state index in [4.69, 9.17) is 16.6 Å². The molecule has 1 saturated heterocycles. The first-order valence-corrected chi connectivity index (χ1v) is 9.28. The zero-order chi connectivity index (χ0) is 18.7. The van der Waals surface area contributed by atoms with Crippen molar-refractivity contribution in [3.8, 4) is 0 Å². The molecule has 0 aliphatic carbocycles. The lowest BCUT2D eigenvalue weighted by Crippen LogP contribution is -2.42. The van der Waals surface area contributed by atoms with Gasteiger partial charge in [0, 0.05) is 18.1 Å². The highest BCUT2D eigenvalue weighted by Gasteiger charge is 2.45. The fraction of sp³-hybridized carbons (Fsp3) is 0.250. The second kappa shape index (κ2) is 5.82. The Hall–Kier alpha value is -2.86. The number of imidazole rings is 1. The maximum absolute atomic E-state index is 13.2. The molecule has 136 valence electrons. The van der Waals surface area contributed by atoms with Crippen molar-refractivity contribution in [1.29, 1.82) is 0 Å². The lowest BCUT2D eigenvalue weighted by molar-refractivity contribution is -0.121. The molecule has 2 aliphatic rings. The number of aromatic nitrogens is 2. The van der Waals surface area contributed by atoms with Crippen LogP contribution in [0.1, 0.15) is 12.0 Å². The number of rotatable bonds is 2. The van der Waals surface area contributed by atoms with Gasteiger partial charge < -0.3 is 9.47 Å². The number of halogens is 1. The number of carbonyl (C=O) groups is 2. The molecular formula is C20H17ClN4O2. The number of fused-ring (bicyclic) bond motifs is 3. The van der Waals surface area contributed by atoms with Gasteiger partial charge in [0.15, 0.2) is 0 Å². The summed E-state index contributed by atoms with van der Waals surface area (Å²) in [5, 5.41) is 0.541. The highest BCUT2D eigenvalue weighted by molar-refractivity contribution is 6.32. The van der Waals surface area contributed by atoms with E-state index in [1.54, 1.807) is 18.2 Å². The number of imide groups is 1. The zero-order valence-electron chi connectivity index (χ0n) is 14.7. The van der Waals surface area contributed by atoms with Crippen LogP contribution in [-0.2, 0) is 16.1 Å². The fourth-order valence-corrected chi connectivity index (χ4v) is 4.23. The van der Waals surface area contributed by atoms with Crippen LogP contribution in [0.4, 0.5) is 11.6 Å². The number of benzene rings is 2. The number of para-hydroxylation sites is 2. The molecule has 0 spiro atoms. The SMILES string of the molecule is Cc1c(Cl)cccc1N1C(=O)CC(N2CCn3c2nc2ccccc23)C1=O. The minimum atomic E-state index is -0.533. The average Bonchev–Trinajstić information content (AvgIpc) is 3.30. The van der Waals surface area contributed by atoms with Crippen molar-refractivity contribution < 1.29 is 9.59 Å². The monoisotopic (exact) mass is 380 g/mol. The molecule has 5 rings (SSSR count). The second-order valence-corrected chi connectivity index (χ2v) is 7.32. The Balaban J connectivity index is 1.53. The van der Waals surface area contributed by atoms with Gasteiger partial charge in [-0.3, -0.25) is 9.59 Å². The van der Waals surface area contributed by atoms with E-state index in [0.717, 1.165) is 29.1 Å². The molecule has 27 heavy (non-hydrogen) atoms. The molecule has 0 N–H and O–H groups in total. The van der Waals surface area contributed by atoms with Crippen LogP contribution in [-0.4, -0.2) is 34.0 Å². The van der Waals surface area contributed by atoms with E-state index in [2.05, 4.69) is 4.57 Å². The molecule has 0 bridgehead atoms. The van der Waals surface area contributed by atoms with E-state index in [1.165, 1.54) is 4.90 Å². The summed E-state index contributed by atoms with van der Waals surface area (Å²) in [5.74, 6) is 0.336. The zero-order valence-corrected chi connectivity index (χ0v) is 15.5. The van der Waals surface area contributed by atoms with Crippen LogP contribution in [0, 0.1) is 6.92 Å². The number of anilines is 2. The molecule has 3 aromatic rings. The molecule has 3 heterocycles. The normalized spacial score (nSPS) is 19.4. The largest absolute Gasteiger partial charge is 0.328 e. The maximum atomic E-state index is 13.2. The summed E-state index contributed by atoms with van der Waals surface area (Å²) >= 11 is 6.19. The highest BCUT2D eigenvalue weighted by Crippen LogP contribution is 2.35. The predicted molar refractivity (Wildman–Crippen MR) is 104 cm³/mol. The lowest BCUT2D eigenvalue weighted by Gasteiger charge is -2.23. The Labute approximate surface area is 160 Å².